The lowest BCUT2D eigenvalue weighted by Crippen LogP contribution is -2.25. The minimum Gasteiger partial charge on any atom is -0.469 e. The van der Waals surface area contributed by atoms with Gasteiger partial charge in [-0.3, -0.25) is 15.0 Å². The number of ether oxygens (including phenoxy) is 1. The van der Waals surface area contributed by atoms with Crippen LogP contribution < -0.4 is 10.6 Å². The number of nitrogens with one attached hydrogen (secondary N) is 1. The zero-order valence-electron chi connectivity index (χ0n) is 15.5. The molecule has 2 aromatic rings. The number of rotatable bonds is 6. The highest BCUT2D eigenvalue weighted by Crippen LogP contribution is 2.27. The number of nitrogens with two attached hydrogens (primary N) is 1. The van der Waals surface area contributed by atoms with E-state index in [1.54, 1.807) is 35.2 Å². The van der Waals surface area contributed by atoms with Gasteiger partial charge in [0.25, 0.3) is 5.91 Å². The van der Waals surface area contributed by atoms with Crippen molar-refractivity contribution in [3.63, 3.8) is 0 Å². The van der Waals surface area contributed by atoms with Crippen molar-refractivity contribution in [2.24, 2.45) is 5.73 Å². The predicted molar refractivity (Wildman–Crippen MR) is 112 cm³/mol. The van der Waals surface area contributed by atoms with Gasteiger partial charge in [-0.05, 0) is 47.4 Å². The lowest BCUT2D eigenvalue weighted by atomic mass is 10.0. The SMILES string of the molecule is COC(=O)CCc1ccc(C2=CC(=O)N(c3ccc(C(=N)N)cc3)C2)cc1.Cl. The molecule has 1 heterocycles. The number of hydrogen-bond donors (Lipinski definition) is 2. The summed E-state index contributed by atoms with van der Waals surface area (Å²) in [5.74, 6) is -0.301. The normalized spacial score (nSPS) is 13.0. The number of benzene rings is 2. The molecule has 6 nitrogen and oxygen atoms in total. The van der Waals surface area contributed by atoms with Crippen molar-refractivity contribution in [1.29, 1.82) is 5.41 Å². The fourth-order valence-corrected chi connectivity index (χ4v) is 2.97. The summed E-state index contributed by atoms with van der Waals surface area (Å²) in [6.45, 7) is 0.486. The van der Waals surface area contributed by atoms with Gasteiger partial charge in [0.15, 0.2) is 0 Å². The van der Waals surface area contributed by atoms with Crippen LogP contribution >= 0.6 is 12.4 Å². The molecule has 0 atom stereocenters. The number of nitrogen functional groups attached to an aromatic ring is 1. The number of hydrogen-bond acceptors (Lipinski definition) is 4. The van der Waals surface area contributed by atoms with Crippen LogP contribution in [0.5, 0.6) is 0 Å². The third-order valence-corrected chi connectivity index (χ3v) is 4.55. The van der Waals surface area contributed by atoms with Crippen molar-refractivity contribution in [3.05, 3.63) is 71.3 Å². The minimum absolute atomic E-state index is 0. The standard InChI is InChI=1S/C21H21N3O3.ClH/c1-27-20(26)11-4-14-2-5-15(6-3-14)17-12-19(25)24(13-17)18-9-7-16(8-10-18)21(22)23;/h2-3,5-10,12H,4,11,13H2,1H3,(H3,22,23);1H. The van der Waals surface area contributed by atoms with E-state index in [0.717, 1.165) is 22.4 Å². The van der Waals surface area contributed by atoms with Crippen molar-refractivity contribution in [1.82, 2.24) is 0 Å². The van der Waals surface area contributed by atoms with Crippen LogP contribution in [0.25, 0.3) is 5.57 Å². The molecule has 0 bridgehead atoms. The summed E-state index contributed by atoms with van der Waals surface area (Å²) in [6.07, 6.45) is 2.61. The van der Waals surface area contributed by atoms with Gasteiger partial charge in [-0.15, -0.1) is 12.4 Å². The third kappa shape index (κ3) is 4.78. The van der Waals surface area contributed by atoms with Crippen molar-refractivity contribution < 1.29 is 14.3 Å². The quantitative estimate of drug-likeness (QED) is 0.443. The van der Waals surface area contributed by atoms with Gasteiger partial charge >= 0.3 is 5.97 Å². The third-order valence-electron chi connectivity index (χ3n) is 4.55. The second-order valence-corrected chi connectivity index (χ2v) is 6.33. The summed E-state index contributed by atoms with van der Waals surface area (Å²) < 4.78 is 4.65. The van der Waals surface area contributed by atoms with E-state index in [0.29, 0.717) is 24.9 Å². The number of amides is 1. The van der Waals surface area contributed by atoms with Gasteiger partial charge in [0.2, 0.25) is 0 Å². The summed E-state index contributed by atoms with van der Waals surface area (Å²) in [5, 5.41) is 7.44. The maximum atomic E-state index is 12.4. The minimum atomic E-state index is -0.227. The zero-order valence-corrected chi connectivity index (χ0v) is 16.3. The van der Waals surface area contributed by atoms with E-state index in [9.17, 15) is 9.59 Å². The van der Waals surface area contributed by atoms with Crippen molar-refractivity contribution in [3.8, 4) is 0 Å². The molecule has 0 unspecified atom stereocenters. The maximum Gasteiger partial charge on any atom is 0.305 e. The number of aryl methyl sites for hydroxylation is 1. The molecule has 3 rings (SSSR count). The molecule has 1 aliphatic rings. The van der Waals surface area contributed by atoms with E-state index in [-0.39, 0.29) is 30.1 Å². The smallest absolute Gasteiger partial charge is 0.305 e. The molecule has 7 heteroatoms. The number of nitrogens with zero attached hydrogens (tertiary/aromatic N) is 1. The first-order valence-electron chi connectivity index (χ1n) is 8.60. The summed E-state index contributed by atoms with van der Waals surface area (Å²) >= 11 is 0. The molecule has 0 radical (unpaired) electrons. The molecule has 1 aliphatic heterocycles. The van der Waals surface area contributed by atoms with Crippen LogP contribution in [0.3, 0.4) is 0 Å². The van der Waals surface area contributed by atoms with Crippen LogP contribution in [0.1, 0.15) is 23.1 Å². The Balaban J connectivity index is 0.00000280. The maximum absolute atomic E-state index is 12.4. The molecule has 0 aromatic heterocycles. The van der Waals surface area contributed by atoms with Gasteiger partial charge in [-0.2, -0.15) is 0 Å². The molecular weight excluding hydrogens is 378 g/mol. The van der Waals surface area contributed by atoms with Crippen LogP contribution in [0.2, 0.25) is 0 Å². The Morgan fingerprint density at radius 3 is 2.36 bits per heavy atom. The molecule has 28 heavy (non-hydrogen) atoms. The first-order valence-corrected chi connectivity index (χ1v) is 8.60. The number of anilines is 1. The summed E-state index contributed by atoms with van der Waals surface area (Å²) in [5.41, 5.74) is 9.83. The van der Waals surface area contributed by atoms with Gasteiger partial charge in [-0.1, -0.05) is 24.3 Å². The summed E-state index contributed by atoms with van der Waals surface area (Å²) in [6, 6.07) is 14.9. The lowest BCUT2D eigenvalue weighted by Gasteiger charge is -2.17. The molecule has 0 saturated carbocycles. The average Bonchev–Trinajstić information content (AvgIpc) is 3.08. The average molecular weight is 400 g/mol. The largest absolute Gasteiger partial charge is 0.469 e. The van der Waals surface area contributed by atoms with E-state index >= 15 is 0 Å². The Bertz CT molecular complexity index is 905. The Morgan fingerprint density at radius 2 is 1.79 bits per heavy atom. The summed E-state index contributed by atoms with van der Waals surface area (Å²) in [7, 11) is 1.38. The van der Waals surface area contributed by atoms with Crippen molar-refractivity contribution in [2.75, 3.05) is 18.6 Å². The molecule has 2 aromatic carbocycles. The van der Waals surface area contributed by atoms with E-state index in [1.165, 1.54) is 7.11 Å². The van der Waals surface area contributed by atoms with Gasteiger partial charge in [0.1, 0.15) is 5.84 Å². The van der Waals surface area contributed by atoms with Gasteiger partial charge in [-0.25, -0.2) is 0 Å². The van der Waals surface area contributed by atoms with Gasteiger partial charge in [0, 0.05) is 23.7 Å². The highest BCUT2D eigenvalue weighted by molar-refractivity contribution is 6.12. The lowest BCUT2D eigenvalue weighted by molar-refractivity contribution is -0.140. The Labute approximate surface area is 169 Å². The number of halogens is 1. The zero-order chi connectivity index (χ0) is 19.4. The van der Waals surface area contributed by atoms with Crippen LogP contribution in [0.15, 0.2) is 54.6 Å². The molecule has 0 fully saturated rings. The van der Waals surface area contributed by atoms with Gasteiger partial charge < -0.3 is 15.4 Å². The fourth-order valence-electron chi connectivity index (χ4n) is 2.97. The molecule has 0 aliphatic carbocycles. The van der Waals surface area contributed by atoms with Crippen molar-refractivity contribution >= 4 is 41.4 Å². The first-order chi connectivity index (χ1) is 13.0. The molecular formula is C21H22ClN3O3. The van der Waals surface area contributed by atoms with Gasteiger partial charge in [0.05, 0.1) is 13.7 Å². The monoisotopic (exact) mass is 399 g/mol. The predicted octanol–water partition coefficient (Wildman–Crippen LogP) is 2.93. The topological polar surface area (TPSA) is 96.5 Å². The molecule has 0 saturated heterocycles. The number of carbonyl (C=O) groups is 2. The molecule has 0 spiro atoms. The highest BCUT2D eigenvalue weighted by atomic mass is 35.5. The first kappa shape index (κ1) is 21.2. The van der Waals surface area contributed by atoms with E-state index in [1.807, 2.05) is 24.3 Å². The second kappa shape index (κ2) is 9.19. The van der Waals surface area contributed by atoms with Crippen molar-refractivity contribution in [2.45, 2.75) is 12.8 Å². The van der Waals surface area contributed by atoms with Crippen LogP contribution in [-0.4, -0.2) is 31.4 Å². The molecule has 1 amide bonds. The van der Waals surface area contributed by atoms with E-state index in [2.05, 4.69) is 4.74 Å². The number of esters is 1. The Hall–Kier alpha value is -3.12. The van der Waals surface area contributed by atoms with Crippen LogP contribution in [0, 0.1) is 5.41 Å². The Morgan fingerprint density at radius 1 is 1.14 bits per heavy atom. The summed E-state index contributed by atoms with van der Waals surface area (Å²) in [4.78, 5) is 25.3. The Kier molecular flexibility index (Phi) is 6.95. The fraction of sp³-hybridized carbons (Fsp3) is 0.190. The van der Waals surface area contributed by atoms with E-state index < -0.39 is 0 Å². The highest BCUT2D eigenvalue weighted by Gasteiger charge is 2.23. The second-order valence-electron chi connectivity index (χ2n) is 6.33. The molecule has 146 valence electrons. The molecule has 3 N–H and O–H groups in total. The van der Waals surface area contributed by atoms with Crippen LogP contribution in [-0.2, 0) is 20.7 Å². The van der Waals surface area contributed by atoms with E-state index in [4.69, 9.17) is 11.1 Å². The number of methoxy groups -OCH3 is 1. The van der Waals surface area contributed by atoms with Crippen LogP contribution in [0.4, 0.5) is 5.69 Å². The number of carbonyl (C=O) groups excluding carboxylic acids is 2. The number of amidine groups is 1.